The molecule has 2 aromatic heterocycles. The summed E-state index contributed by atoms with van der Waals surface area (Å²) in [6.45, 7) is 2.01. The lowest BCUT2D eigenvalue weighted by molar-refractivity contribution is 0.0946. The fourth-order valence-corrected chi connectivity index (χ4v) is 3.58. The van der Waals surface area contributed by atoms with Gasteiger partial charge in [-0.25, -0.2) is 0 Å². The van der Waals surface area contributed by atoms with Crippen LogP contribution in [0, 0.1) is 0 Å². The standard InChI is InChI=1S/C21H24N6O/c1-26(19-12-17-4-2-3-5-18(17)13-19)10-11-27-15-20(24-25-27)21(28)23-14-16-6-8-22-9-7-16/h2-9,15,19H,10-14H2,1H3,(H,23,28). The summed E-state index contributed by atoms with van der Waals surface area (Å²) in [5.74, 6) is -0.220. The monoisotopic (exact) mass is 376 g/mol. The summed E-state index contributed by atoms with van der Waals surface area (Å²) in [4.78, 5) is 18.6. The molecule has 1 amide bonds. The number of benzene rings is 1. The Morgan fingerprint density at radius 3 is 2.61 bits per heavy atom. The van der Waals surface area contributed by atoms with Crippen LogP contribution in [0.2, 0.25) is 0 Å². The highest BCUT2D eigenvalue weighted by atomic mass is 16.2. The second kappa shape index (κ2) is 8.31. The molecule has 1 aliphatic carbocycles. The van der Waals surface area contributed by atoms with Crippen molar-refractivity contribution < 1.29 is 4.79 Å². The maximum absolute atomic E-state index is 12.3. The molecule has 4 rings (SSSR count). The Balaban J connectivity index is 1.26. The summed E-state index contributed by atoms with van der Waals surface area (Å²) >= 11 is 0. The van der Waals surface area contributed by atoms with Gasteiger partial charge < -0.3 is 10.2 Å². The van der Waals surface area contributed by atoms with E-state index in [1.54, 1.807) is 23.3 Å². The van der Waals surface area contributed by atoms with E-state index in [2.05, 4.69) is 56.8 Å². The van der Waals surface area contributed by atoms with Crippen LogP contribution in [0.25, 0.3) is 0 Å². The van der Waals surface area contributed by atoms with E-state index in [9.17, 15) is 4.79 Å². The zero-order valence-corrected chi connectivity index (χ0v) is 16.0. The Hall–Kier alpha value is -3.06. The van der Waals surface area contributed by atoms with Gasteiger partial charge >= 0.3 is 0 Å². The van der Waals surface area contributed by atoms with E-state index in [0.717, 1.165) is 24.9 Å². The third kappa shape index (κ3) is 4.26. The average molecular weight is 376 g/mol. The molecule has 1 aliphatic rings. The van der Waals surface area contributed by atoms with Crippen LogP contribution in [0.15, 0.2) is 55.0 Å². The van der Waals surface area contributed by atoms with Crippen molar-refractivity contribution in [3.63, 3.8) is 0 Å². The third-order valence-electron chi connectivity index (χ3n) is 5.31. The van der Waals surface area contributed by atoms with Gasteiger partial charge in [0.1, 0.15) is 0 Å². The van der Waals surface area contributed by atoms with Crippen molar-refractivity contribution in [1.29, 1.82) is 0 Å². The fraction of sp³-hybridized carbons (Fsp3) is 0.333. The van der Waals surface area contributed by atoms with Crippen LogP contribution in [-0.2, 0) is 25.9 Å². The van der Waals surface area contributed by atoms with Crippen LogP contribution in [-0.4, -0.2) is 50.4 Å². The molecule has 3 aromatic rings. The summed E-state index contributed by atoms with van der Waals surface area (Å²) in [5.41, 5.74) is 4.24. The van der Waals surface area contributed by atoms with Gasteiger partial charge in [0, 0.05) is 31.5 Å². The molecule has 0 bridgehead atoms. The lowest BCUT2D eigenvalue weighted by Gasteiger charge is -2.23. The molecule has 28 heavy (non-hydrogen) atoms. The Kier molecular flexibility index (Phi) is 5.43. The zero-order valence-electron chi connectivity index (χ0n) is 16.0. The number of likely N-dealkylation sites (N-methyl/N-ethyl adjacent to an activating group) is 1. The Bertz CT molecular complexity index is 914. The van der Waals surface area contributed by atoms with Crippen molar-refractivity contribution >= 4 is 5.91 Å². The van der Waals surface area contributed by atoms with Gasteiger partial charge in [0.05, 0.1) is 12.7 Å². The number of hydrogen-bond acceptors (Lipinski definition) is 5. The van der Waals surface area contributed by atoms with Crippen molar-refractivity contribution in [2.24, 2.45) is 0 Å². The van der Waals surface area contributed by atoms with Gasteiger partial charge in [0.15, 0.2) is 5.69 Å². The first kappa shape index (κ1) is 18.3. The zero-order chi connectivity index (χ0) is 19.3. The SMILES string of the molecule is CN(CCn1cc(C(=O)NCc2ccncc2)nn1)C1Cc2ccccc2C1. The number of nitrogens with zero attached hydrogens (tertiary/aromatic N) is 5. The number of aromatic nitrogens is 4. The molecule has 0 aliphatic heterocycles. The molecule has 7 nitrogen and oxygen atoms in total. The first-order valence-electron chi connectivity index (χ1n) is 9.53. The van der Waals surface area contributed by atoms with Crippen LogP contribution in [0.4, 0.5) is 0 Å². The predicted molar refractivity (Wildman–Crippen MR) is 106 cm³/mol. The smallest absolute Gasteiger partial charge is 0.273 e. The van der Waals surface area contributed by atoms with Crippen molar-refractivity contribution in [2.45, 2.75) is 32.0 Å². The number of amides is 1. The highest BCUT2D eigenvalue weighted by Gasteiger charge is 2.24. The average Bonchev–Trinajstić information content (AvgIpc) is 3.38. The van der Waals surface area contributed by atoms with E-state index in [1.165, 1.54) is 11.1 Å². The van der Waals surface area contributed by atoms with Crippen LogP contribution in [0.1, 0.15) is 27.2 Å². The second-order valence-electron chi connectivity index (χ2n) is 7.22. The summed E-state index contributed by atoms with van der Waals surface area (Å²) in [7, 11) is 2.15. The molecular formula is C21H24N6O. The molecule has 0 saturated carbocycles. The summed E-state index contributed by atoms with van der Waals surface area (Å²) in [6.07, 6.45) is 7.30. The summed E-state index contributed by atoms with van der Waals surface area (Å²) < 4.78 is 1.74. The van der Waals surface area contributed by atoms with E-state index in [-0.39, 0.29) is 5.91 Å². The van der Waals surface area contributed by atoms with Crippen molar-refractivity contribution in [3.05, 3.63) is 77.4 Å². The van der Waals surface area contributed by atoms with Crippen LogP contribution >= 0.6 is 0 Å². The Morgan fingerprint density at radius 2 is 1.89 bits per heavy atom. The van der Waals surface area contributed by atoms with E-state index in [4.69, 9.17) is 0 Å². The maximum atomic E-state index is 12.3. The Morgan fingerprint density at radius 1 is 1.18 bits per heavy atom. The number of pyridine rings is 1. The second-order valence-corrected chi connectivity index (χ2v) is 7.22. The van der Waals surface area contributed by atoms with E-state index < -0.39 is 0 Å². The topological polar surface area (TPSA) is 75.9 Å². The number of carbonyl (C=O) groups excluding carboxylic acids is 1. The molecule has 0 atom stereocenters. The number of hydrogen-bond donors (Lipinski definition) is 1. The highest BCUT2D eigenvalue weighted by molar-refractivity contribution is 5.91. The van der Waals surface area contributed by atoms with E-state index in [0.29, 0.717) is 24.8 Å². The molecular weight excluding hydrogens is 352 g/mol. The first-order valence-corrected chi connectivity index (χ1v) is 9.53. The first-order chi connectivity index (χ1) is 13.7. The molecule has 7 heteroatoms. The van der Waals surface area contributed by atoms with Crippen LogP contribution in [0.3, 0.4) is 0 Å². The van der Waals surface area contributed by atoms with Gasteiger partial charge in [-0.3, -0.25) is 14.5 Å². The van der Waals surface area contributed by atoms with Gasteiger partial charge in [-0.15, -0.1) is 5.10 Å². The number of nitrogens with one attached hydrogen (secondary N) is 1. The maximum Gasteiger partial charge on any atom is 0.273 e. The van der Waals surface area contributed by atoms with Crippen molar-refractivity contribution in [1.82, 2.24) is 30.2 Å². The molecule has 0 saturated heterocycles. The molecule has 2 heterocycles. The van der Waals surface area contributed by atoms with Gasteiger partial charge in [0.2, 0.25) is 0 Å². The normalized spacial score (nSPS) is 13.6. The van der Waals surface area contributed by atoms with Gasteiger partial charge in [-0.1, -0.05) is 29.5 Å². The Labute approximate surface area is 164 Å². The minimum absolute atomic E-state index is 0.220. The highest BCUT2D eigenvalue weighted by Crippen LogP contribution is 2.24. The van der Waals surface area contributed by atoms with Gasteiger partial charge in [-0.05, 0) is 48.7 Å². The van der Waals surface area contributed by atoms with Crippen LogP contribution < -0.4 is 5.32 Å². The lowest BCUT2D eigenvalue weighted by atomic mass is 10.1. The van der Waals surface area contributed by atoms with Gasteiger partial charge in [0.25, 0.3) is 5.91 Å². The molecule has 0 unspecified atom stereocenters. The third-order valence-corrected chi connectivity index (χ3v) is 5.31. The largest absolute Gasteiger partial charge is 0.347 e. The minimum atomic E-state index is -0.220. The van der Waals surface area contributed by atoms with E-state index >= 15 is 0 Å². The van der Waals surface area contributed by atoms with Crippen molar-refractivity contribution in [3.8, 4) is 0 Å². The predicted octanol–water partition coefficient (Wildman–Crippen LogP) is 1.70. The lowest BCUT2D eigenvalue weighted by Crippen LogP contribution is -2.34. The fourth-order valence-electron chi connectivity index (χ4n) is 3.58. The van der Waals surface area contributed by atoms with Gasteiger partial charge in [-0.2, -0.15) is 0 Å². The van der Waals surface area contributed by atoms with E-state index in [1.807, 2.05) is 12.1 Å². The molecule has 0 fully saturated rings. The molecule has 1 N–H and O–H groups in total. The molecule has 1 aromatic carbocycles. The summed E-state index contributed by atoms with van der Waals surface area (Å²) in [5, 5.41) is 11.0. The summed E-state index contributed by atoms with van der Waals surface area (Å²) in [6, 6.07) is 12.9. The number of carbonyl (C=O) groups is 1. The number of rotatable bonds is 7. The quantitative estimate of drug-likeness (QED) is 0.679. The minimum Gasteiger partial charge on any atom is -0.347 e. The van der Waals surface area contributed by atoms with Crippen molar-refractivity contribution in [2.75, 3.05) is 13.6 Å². The molecule has 0 radical (unpaired) electrons. The molecule has 0 spiro atoms. The molecule has 144 valence electrons. The number of fused-ring (bicyclic) bond motifs is 1. The van der Waals surface area contributed by atoms with Crippen LogP contribution in [0.5, 0.6) is 0 Å².